The number of rotatable bonds is 5. The quantitative estimate of drug-likeness (QED) is 0.201. The molecule has 0 aliphatic carbocycles. The van der Waals surface area contributed by atoms with E-state index in [0.717, 1.165) is 44.0 Å². The van der Waals surface area contributed by atoms with Crippen molar-refractivity contribution in [3.63, 3.8) is 0 Å². The van der Waals surface area contributed by atoms with Crippen molar-refractivity contribution in [2.24, 2.45) is 0 Å². The maximum Gasteiger partial charge on any atom is 0.127 e. The Balaban J connectivity index is 1.63. The number of allylic oxidation sites excluding steroid dienone is 1. The lowest BCUT2D eigenvalue weighted by atomic mass is 9.95. The third-order valence-corrected chi connectivity index (χ3v) is 5.98. The topological polar surface area (TPSA) is 33.0 Å². The van der Waals surface area contributed by atoms with Crippen molar-refractivity contribution >= 4 is 44.8 Å². The minimum Gasteiger partial charge on any atom is -0.488 e. The molecule has 0 saturated carbocycles. The highest BCUT2D eigenvalue weighted by molar-refractivity contribution is 6.30. The van der Waals surface area contributed by atoms with Gasteiger partial charge in [-0.25, -0.2) is 0 Å². The molecule has 0 amide bonds. The van der Waals surface area contributed by atoms with E-state index in [2.05, 4.69) is 36.4 Å². The van der Waals surface area contributed by atoms with Crippen LogP contribution in [0.3, 0.4) is 0 Å². The molecule has 5 aromatic carbocycles. The Morgan fingerprint density at radius 1 is 0.758 bits per heavy atom. The summed E-state index contributed by atoms with van der Waals surface area (Å²) in [4.78, 5) is 0. The van der Waals surface area contributed by atoms with E-state index in [4.69, 9.17) is 16.3 Å². The van der Waals surface area contributed by atoms with E-state index in [0.29, 0.717) is 17.2 Å². The van der Waals surface area contributed by atoms with Crippen LogP contribution in [0.25, 0.3) is 33.2 Å². The minimum absolute atomic E-state index is 0.409. The van der Waals surface area contributed by atoms with Gasteiger partial charge >= 0.3 is 0 Å². The van der Waals surface area contributed by atoms with Gasteiger partial charge in [-0.2, -0.15) is 5.26 Å². The predicted octanol–water partition coefficient (Wildman–Crippen LogP) is 8.29. The van der Waals surface area contributed by atoms with Crippen molar-refractivity contribution in [2.45, 2.75) is 6.61 Å². The van der Waals surface area contributed by atoms with E-state index in [1.165, 1.54) is 0 Å². The molecule has 33 heavy (non-hydrogen) atoms. The van der Waals surface area contributed by atoms with Crippen LogP contribution in [0.1, 0.15) is 16.7 Å². The van der Waals surface area contributed by atoms with Gasteiger partial charge in [-0.1, -0.05) is 96.5 Å². The highest BCUT2D eigenvalue weighted by Crippen LogP contribution is 2.34. The van der Waals surface area contributed by atoms with Crippen molar-refractivity contribution in [3.8, 4) is 11.8 Å². The SMILES string of the molecule is N#C/C(=C/c1c(OCc2ccc(Cl)cc2)ccc2ccccc12)c1cccc2ccccc12. The van der Waals surface area contributed by atoms with E-state index in [9.17, 15) is 5.26 Å². The van der Waals surface area contributed by atoms with Gasteiger partial charge in [0.25, 0.3) is 0 Å². The molecule has 0 fully saturated rings. The van der Waals surface area contributed by atoms with Gasteiger partial charge in [0.2, 0.25) is 0 Å². The second-order valence-electron chi connectivity index (χ2n) is 7.81. The first kappa shape index (κ1) is 20.8. The molecule has 0 atom stereocenters. The molecule has 158 valence electrons. The van der Waals surface area contributed by atoms with Gasteiger partial charge in [0.05, 0.1) is 11.6 Å². The lowest BCUT2D eigenvalue weighted by Gasteiger charge is -2.13. The third kappa shape index (κ3) is 4.32. The first-order chi connectivity index (χ1) is 16.2. The van der Waals surface area contributed by atoms with E-state index < -0.39 is 0 Å². The van der Waals surface area contributed by atoms with Crippen molar-refractivity contribution in [1.29, 1.82) is 5.26 Å². The second-order valence-corrected chi connectivity index (χ2v) is 8.25. The Morgan fingerprint density at radius 2 is 1.42 bits per heavy atom. The van der Waals surface area contributed by atoms with Crippen LogP contribution in [0.5, 0.6) is 5.75 Å². The van der Waals surface area contributed by atoms with Gasteiger partial charge in [0.1, 0.15) is 12.4 Å². The summed E-state index contributed by atoms with van der Waals surface area (Å²) in [5.41, 5.74) is 3.43. The number of ether oxygens (including phenoxy) is 1. The second kappa shape index (κ2) is 9.20. The first-order valence-corrected chi connectivity index (χ1v) is 11.1. The Morgan fingerprint density at radius 3 is 2.18 bits per heavy atom. The summed E-state index contributed by atoms with van der Waals surface area (Å²) < 4.78 is 6.24. The van der Waals surface area contributed by atoms with E-state index in [1.54, 1.807) is 0 Å². The summed E-state index contributed by atoms with van der Waals surface area (Å²) in [6, 6.07) is 36.4. The molecule has 0 aliphatic heterocycles. The summed E-state index contributed by atoms with van der Waals surface area (Å²) in [7, 11) is 0. The zero-order chi connectivity index (χ0) is 22.6. The van der Waals surface area contributed by atoms with Crippen molar-refractivity contribution in [1.82, 2.24) is 0 Å². The number of hydrogen-bond donors (Lipinski definition) is 0. The maximum atomic E-state index is 10.1. The van der Waals surface area contributed by atoms with Crippen LogP contribution in [-0.4, -0.2) is 0 Å². The Kier molecular flexibility index (Phi) is 5.81. The summed E-state index contributed by atoms with van der Waals surface area (Å²) in [5.74, 6) is 0.733. The highest BCUT2D eigenvalue weighted by atomic mass is 35.5. The number of benzene rings is 5. The Labute approximate surface area is 197 Å². The molecule has 0 aromatic heterocycles. The lowest BCUT2D eigenvalue weighted by Crippen LogP contribution is -1.98. The van der Waals surface area contributed by atoms with Crippen LogP contribution in [0.4, 0.5) is 0 Å². The van der Waals surface area contributed by atoms with Crippen LogP contribution in [-0.2, 0) is 6.61 Å². The van der Waals surface area contributed by atoms with Crippen LogP contribution in [0.15, 0.2) is 103 Å². The summed E-state index contributed by atoms with van der Waals surface area (Å²) in [5, 5.41) is 15.1. The minimum atomic E-state index is 0.409. The molecule has 0 heterocycles. The molecule has 0 radical (unpaired) electrons. The van der Waals surface area contributed by atoms with Crippen LogP contribution in [0, 0.1) is 11.3 Å². The molecule has 5 aromatic rings. The molecule has 0 saturated heterocycles. The average molecular weight is 446 g/mol. The zero-order valence-electron chi connectivity index (χ0n) is 17.8. The van der Waals surface area contributed by atoms with Crippen molar-refractivity contribution < 1.29 is 4.74 Å². The fraction of sp³-hybridized carbons (Fsp3) is 0.0333. The van der Waals surface area contributed by atoms with Crippen molar-refractivity contribution in [2.75, 3.05) is 0 Å². The summed E-state index contributed by atoms with van der Waals surface area (Å²) in [6.45, 7) is 0.409. The monoisotopic (exact) mass is 445 g/mol. The van der Waals surface area contributed by atoms with Gasteiger partial charge in [0, 0.05) is 16.1 Å². The third-order valence-electron chi connectivity index (χ3n) is 5.73. The number of halogens is 1. The molecule has 2 nitrogen and oxygen atoms in total. The summed E-state index contributed by atoms with van der Waals surface area (Å²) in [6.07, 6.45) is 1.95. The number of fused-ring (bicyclic) bond motifs is 2. The Bertz CT molecular complexity index is 1520. The van der Waals surface area contributed by atoms with E-state index in [1.807, 2.05) is 78.9 Å². The smallest absolute Gasteiger partial charge is 0.127 e. The van der Waals surface area contributed by atoms with E-state index >= 15 is 0 Å². The van der Waals surface area contributed by atoms with E-state index in [-0.39, 0.29) is 0 Å². The largest absolute Gasteiger partial charge is 0.488 e. The van der Waals surface area contributed by atoms with Gasteiger partial charge < -0.3 is 4.74 Å². The number of hydrogen-bond acceptors (Lipinski definition) is 2. The molecule has 5 rings (SSSR count). The fourth-order valence-corrected chi connectivity index (χ4v) is 4.19. The normalized spacial score (nSPS) is 11.5. The maximum absolute atomic E-state index is 10.1. The zero-order valence-corrected chi connectivity index (χ0v) is 18.6. The van der Waals surface area contributed by atoms with Crippen LogP contribution >= 0.6 is 11.6 Å². The van der Waals surface area contributed by atoms with Gasteiger partial charge in [0.15, 0.2) is 0 Å². The molecular weight excluding hydrogens is 426 g/mol. The standard InChI is InChI=1S/C30H20ClNO/c31-25-15-12-21(13-16-25)20-33-30-17-14-23-7-2-4-10-27(23)29(30)18-24(19-32)28-11-5-8-22-6-1-3-9-26(22)28/h1-18H,20H2/b24-18-. The number of nitriles is 1. The van der Waals surface area contributed by atoms with Gasteiger partial charge in [-0.05, 0) is 51.4 Å². The molecule has 0 N–H and O–H groups in total. The molecule has 0 bridgehead atoms. The average Bonchev–Trinajstić information content (AvgIpc) is 2.87. The Hall–Kier alpha value is -4.06. The van der Waals surface area contributed by atoms with Gasteiger partial charge in [-0.15, -0.1) is 0 Å². The first-order valence-electron chi connectivity index (χ1n) is 10.7. The van der Waals surface area contributed by atoms with Crippen LogP contribution < -0.4 is 4.74 Å². The van der Waals surface area contributed by atoms with Crippen molar-refractivity contribution in [3.05, 3.63) is 125 Å². The molecular formula is C30H20ClNO. The fourth-order valence-electron chi connectivity index (χ4n) is 4.07. The van der Waals surface area contributed by atoms with Gasteiger partial charge in [-0.3, -0.25) is 0 Å². The summed E-state index contributed by atoms with van der Waals surface area (Å²) >= 11 is 6.01. The molecule has 0 spiro atoms. The predicted molar refractivity (Wildman–Crippen MR) is 137 cm³/mol. The highest BCUT2D eigenvalue weighted by Gasteiger charge is 2.12. The van der Waals surface area contributed by atoms with Crippen LogP contribution in [0.2, 0.25) is 5.02 Å². The number of nitrogens with zero attached hydrogens (tertiary/aromatic N) is 1. The molecule has 0 unspecified atom stereocenters. The lowest BCUT2D eigenvalue weighted by molar-refractivity contribution is 0.306. The molecule has 3 heteroatoms. The molecule has 0 aliphatic rings.